The van der Waals surface area contributed by atoms with Crippen LogP contribution in [0.25, 0.3) is 6.08 Å². The molecule has 1 amide bonds. The molecule has 0 unspecified atom stereocenters. The molecule has 2 heterocycles. The van der Waals surface area contributed by atoms with Crippen LogP contribution in [-0.4, -0.2) is 15.2 Å². The molecule has 0 aliphatic carbocycles. The van der Waals surface area contributed by atoms with E-state index in [9.17, 15) is 19.3 Å². The average Bonchev–Trinajstić information content (AvgIpc) is 3.07. The highest BCUT2D eigenvalue weighted by atomic mass is 32.2. The van der Waals surface area contributed by atoms with E-state index < -0.39 is 22.5 Å². The Bertz CT molecular complexity index is 862. The van der Waals surface area contributed by atoms with E-state index in [4.69, 9.17) is 16.6 Å². The summed E-state index contributed by atoms with van der Waals surface area (Å²) in [6, 6.07) is 8.33. The lowest BCUT2D eigenvalue weighted by molar-refractivity contribution is -0.402. The zero-order valence-corrected chi connectivity index (χ0v) is 12.9. The van der Waals surface area contributed by atoms with Gasteiger partial charge in [0.25, 0.3) is 5.91 Å². The lowest BCUT2D eigenvalue weighted by Gasteiger charge is -2.14. The van der Waals surface area contributed by atoms with Crippen molar-refractivity contribution in [2.75, 3.05) is 4.90 Å². The quantitative estimate of drug-likeness (QED) is 0.363. The number of furan rings is 1. The third-order valence-electron chi connectivity index (χ3n) is 2.95. The largest absolute Gasteiger partial charge is 0.433 e. The van der Waals surface area contributed by atoms with Crippen molar-refractivity contribution in [1.29, 1.82) is 0 Å². The van der Waals surface area contributed by atoms with E-state index in [1.54, 1.807) is 6.07 Å². The molecule has 0 radical (unpaired) electrons. The van der Waals surface area contributed by atoms with E-state index in [0.717, 1.165) is 16.7 Å². The monoisotopic (exact) mass is 350 g/mol. The maximum atomic E-state index is 13.9. The minimum Gasteiger partial charge on any atom is -0.401 e. The summed E-state index contributed by atoms with van der Waals surface area (Å²) in [7, 11) is 0. The third kappa shape index (κ3) is 2.88. The average molecular weight is 350 g/mol. The number of hydrogen-bond donors (Lipinski definition) is 0. The number of anilines is 1. The summed E-state index contributed by atoms with van der Waals surface area (Å²) in [5, 5.41) is 10.6. The number of rotatable bonds is 3. The Morgan fingerprint density at radius 1 is 1.30 bits per heavy atom. The summed E-state index contributed by atoms with van der Waals surface area (Å²) >= 11 is 6.09. The SMILES string of the molecule is O=C1/C(=C\c2ccc([N+](=O)[O-])o2)SC(=S)N1c1ccccc1F. The molecule has 116 valence electrons. The second-order valence-corrected chi connectivity index (χ2v) is 6.08. The minimum atomic E-state index is -0.679. The molecule has 1 fully saturated rings. The van der Waals surface area contributed by atoms with Gasteiger partial charge in [-0.2, -0.15) is 0 Å². The van der Waals surface area contributed by atoms with Crippen LogP contribution in [0.1, 0.15) is 5.76 Å². The van der Waals surface area contributed by atoms with Gasteiger partial charge in [0.1, 0.15) is 16.5 Å². The number of thioether (sulfide) groups is 1. The maximum absolute atomic E-state index is 13.9. The van der Waals surface area contributed by atoms with Crippen molar-refractivity contribution in [3.05, 3.63) is 63.0 Å². The highest BCUT2D eigenvalue weighted by Gasteiger charge is 2.35. The molecule has 23 heavy (non-hydrogen) atoms. The van der Waals surface area contributed by atoms with Crippen LogP contribution >= 0.6 is 24.0 Å². The standard InChI is InChI=1S/C14H7FN2O4S2/c15-9-3-1-2-4-10(9)16-13(18)11(23-14(16)22)7-8-5-6-12(21-8)17(19)20/h1-7H/b11-7+. The van der Waals surface area contributed by atoms with Crippen LogP contribution in [0.15, 0.2) is 45.7 Å². The van der Waals surface area contributed by atoms with Crippen molar-refractivity contribution in [2.45, 2.75) is 0 Å². The van der Waals surface area contributed by atoms with Crippen molar-refractivity contribution in [3.8, 4) is 0 Å². The van der Waals surface area contributed by atoms with Crippen molar-refractivity contribution >= 4 is 51.9 Å². The van der Waals surface area contributed by atoms with Crippen molar-refractivity contribution in [2.24, 2.45) is 0 Å². The molecule has 1 aliphatic heterocycles. The summed E-state index contributed by atoms with van der Waals surface area (Å²) in [5.74, 6) is -1.37. The van der Waals surface area contributed by atoms with Gasteiger partial charge in [-0.05, 0) is 18.2 Å². The van der Waals surface area contributed by atoms with E-state index >= 15 is 0 Å². The number of hydrogen-bond acceptors (Lipinski definition) is 6. The summed E-state index contributed by atoms with van der Waals surface area (Å²) < 4.78 is 19.0. The topological polar surface area (TPSA) is 76.6 Å². The summed E-state index contributed by atoms with van der Waals surface area (Å²) in [6.07, 6.45) is 1.34. The van der Waals surface area contributed by atoms with Crippen LogP contribution in [0.2, 0.25) is 0 Å². The van der Waals surface area contributed by atoms with Gasteiger partial charge in [-0.25, -0.2) is 4.39 Å². The Morgan fingerprint density at radius 3 is 2.70 bits per heavy atom. The molecular formula is C14H7FN2O4S2. The summed E-state index contributed by atoms with van der Waals surface area (Å²) in [5.41, 5.74) is 0.0591. The van der Waals surface area contributed by atoms with Gasteiger partial charge in [0.15, 0.2) is 4.32 Å². The zero-order chi connectivity index (χ0) is 16.6. The number of thiocarbonyl (C=S) groups is 1. The van der Waals surface area contributed by atoms with E-state index in [0.29, 0.717) is 0 Å². The molecule has 9 heteroatoms. The smallest absolute Gasteiger partial charge is 0.401 e. The first-order chi connectivity index (χ1) is 11.0. The van der Waals surface area contributed by atoms with Crippen LogP contribution < -0.4 is 4.90 Å². The maximum Gasteiger partial charge on any atom is 0.433 e. The Kier molecular flexibility index (Phi) is 3.97. The molecule has 1 aliphatic rings. The minimum absolute atomic E-state index is 0.0591. The molecular weight excluding hydrogens is 343 g/mol. The number of nitro groups is 1. The molecule has 2 aromatic rings. The fourth-order valence-corrected chi connectivity index (χ4v) is 3.22. The molecule has 0 saturated carbocycles. The van der Waals surface area contributed by atoms with Gasteiger partial charge in [-0.3, -0.25) is 19.8 Å². The predicted octanol–water partition coefficient (Wildman–Crippen LogP) is 3.73. The van der Waals surface area contributed by atoms with Crippen molar-refractivity contribution < 1.29 is 18.5 Å². The van der Waals surface area contributed by atoms with Gasteiger partial charge in [-0.1, -0.05) is 36.1 Å². The van der Waals surface area contributed by atoms with Crippen LogP contribution in [0.5, 0.6) is 0 Å². The lowest BCUT2D eigenvalue weighted by atomic mass is 10.2. The first-order valence-electron chi connectivity index (χ1n) is 6.24. The third-order valence-corrected chi connectivity index (χ3v) is 4.26. The van der Waals surface area contributed by atoms with Gasteiger partial charge >= 0.3 is 5.88 Å². The first kappa shape index (κ1) is 15.4. The molecule has 1 aromatic heterocycles. The highest BCUT2D eigenvalue weighted by Crippen LogP contribution is 2.37. The molecule has 0 atom stereocenters. The van der Waals surface area contributed by atoms with E-state index in [-0.39, 0.29) is 20.7 Å². The fourth-order valence-electron chi connectivity index (χ4n) is 1.96. The second kappa shape index (κ2) is 5.94. The summed E-state index contributed by atoms with van der Waals surface area (Å²) in [6.45, 7) is 0. The van der Waals surface area contributed by atoms with E-state index in [1.807, 2.05) is 0 Å². The Balaban J connectivity index is 1.93. The highest BCUT2D eigenvalue weighted by molar-refractivity contribution is 8.27. The Hall–Kier alpha value is -2.52. The zero-order valence-electron chi connectivity index (χ0n) is 11.3. The fraction of sp³-hybridized carbons (Fsp3) is 0. The van der Waals surface area contributed by atoms with E-state index in [1.165, 1.54) is 36.4 Å². The number of carbonyl (C=O) groups is 1. The molecule has 6 nitrogen and oxygen atoms in total. The lowest BCUT2D eigenvalue weighted by Crippen LogP contribution is -2.28. The summed E-state index contributed by atoms with van der Waals surface area (Å²) in [4.78, 5) is 23.6. The molecule has 1 aromatic carbocycles. The van der Waals surface area contributed by atoms with E-state index in [2.05, 4.69) is 0 Å². The van der Waals surface area contributed by atoms with Crippen molar-refractivity contribution in [1.82, 2.24) is 0 Å². The molecule has 1 saturated heterocycles. The van der Waals surface area contributed by atoms with Gasteiger partial charge in [0.05, 0.1) is 16.7 Å². The number of amides is 1. The number of halogens is 1. The van der Waals surface area contributed by atoms with Crippen LogP contribution in [-0.2, 0) is 4.79 Å². The predicted molar refractivity (Wildman–Crippen MR) is 87.4 cm³/mol. The van der Waals surface area contributed by atoms with Gasteiger partial charge in [-0.15, -0.1) is 0 Å². The first-order valence-corrected chi connectivity index (χ1v) is 7.46. The van der Waals surface area contributed by atoms with Gasteiger partial charge in [0.2, 0.25) is 0 Å². The van der Waals surface area contributed by atoms with Crippen LogP contribution in [0.4, 0.5) is 16.0 Å². The Morgan fingerprint density at radius 2 is 2.04 bits per heavy atom. The van der Waals surface area contributed by atoms with Crippen molar-refractivity contribution in [3.63, 3.8) is 0 Å². The number of para-hydroxylation sites is 1. The number of carbonyl (C=O) groups excluding carboxylic acids is 1. The second-order valence-electron chi connectivity index (χ2n) is 4.40. The van der Waals surface area contributed by atoms with Crippen LogP contribution in [0.3, 0.4) is 0 Å². The molecule has 3 rings (SSSR count). The normalized spacial score (nSPS) is 16.4. The molecule has 0 bridgehead atoms. The number of nitrogens with zero attached hydrogens (tertiary/aromatic N) is 2. The molecule has 0 spiro atoms. The van der Waals surface area contributed by atoms with Gasteiger partial charge < -0.3 is 4.42 Å². The Labute approximate surface area is 138 Å². The number of benzene rings is 1. The van der Waals surface area contributed by atoms with Gasteiger partial charge in [0, 0.05) is 6.08 Å². The molecule has 0 N–H and O–H groups in total. The van der Waals surface area contributed by atoms with Crippen LogP contribution in [0, 0.1) is 15.9 Å².